The maximum Gasteiger partial charge on any atom is 0.238 e. The van der Waals surface area contributed by atoms with Gasteiger partial charge < -0.3 is 11.1 Å². The van der Waals surface area contributed by atoms with E-state index in [2.05, 4.69) is 5.32 Å². The van der Waals surface area contributed by atoms with Gasteiger partial charge in [0, 0.05) is 11.4 Å². The SMILES string of the molecule is CSc1ccccc1NC(=O)CN1CCC[C@@H](C(N)=O)C1. The minimum atomic E-state index is -0.271. The summed E-state index contributed by atoms with van der Waals surface area (Å²) in [5, 5.41) is 2.94. The Balaban J connectivity index is 1.91. The highest BCUT2D eigenvalue weighted by Gasteiger charge is 2.25. The second-order valence-corrected chi connectivity index (χ2v) is 6.07. The quantitative estimate of drug-likeness (QED) is 0.809. The van der Waals surface area contributed by atoms with Crippen LogP contribution in [0.15, 0.2) is 29.2 Å². The van der Waals surface area contributed by atoms with Gasteiger partial charge in [-0.1, -0.05) is 12.1 Å². The Bertz CT molecular complexity index is 521. The van der Waals surface area contributed by atoms with E-state index in [9.17, 15) is 9.59 Å². The minimum Gasteiger partial charge on any atom is -0.369 e. The first-order valence-corrected chi connectivity index (χ1v) is 8.27. The minimum absolute atomic E-state index is 0.0541. The van der Waals surface area contributed by atoms with Crippen molar-refractivity contribution < 1.29 is 9.59 Å². The Morgan fingerprint density at radius 3 is 2.90 bits per heavy atom. The molecule has 1 fully saturated rings. The summed E-state index contributed by atoms with van der Waals surface area (Å²) in [5.74, 6) is -0.459. The van der Waals surface area contributed by atoms with E-state index in [4.69, 9.17) is 5.73 Å². The molecule has 0 unspecified atom stereocenters. The lowest BCUT2D eigenvalue weighted by atomic mass is 9.97. The number of likely N-dealkylation sites (tertiary alicyclic amines) is 1. The molecule has 2 amide bonds. The average molecular weight is 307 g/mol. The summed E-state index contributed by atoms with van der Waals surface area (Å²) >= 11 is 1.60. The fourth-order valence-electron chi connectivity index (χ4n) is 2.57. The Morgan fingerprint density at radius 2 is 2.19 bits per heavy atom. The van der Waals surface area contributed by atoms with Crippen LogP contribution in [-0.2, 0) is 9.59 Å². The average Bonchev–Trinajstić information content (AvgIpc) is 2.48. The second kappa shape index (κ2) is 7.47. The van der Waals surface area contributed by atoms with E-state index < -0.39 is 0 Å². The Labute approximate surface area is 129 Å². The maximum absolute atomic E-state index is 12.1. The van der Waals surface area contributed by atoms with Crippen molar-refractivity contribution >= 4 is 29.3 Å². The predicted molar refractivity (Wildman–Crippen MR) is 85.2 cm³/mol. The zero-order valence-electron chi connectivity index (χ0n) is 12.2. The number of hydrogen-bond acceptors (Lipinski definition) is 4. The zero-order valence-corrected chi connectivity index (χ0v) is 13.0. The van der Waals surface area contributed by atoms with E-state index in [0.29, 0.717) is 13.1 Å². The van der Waals surface area contributed by atoms with Crippen molar-refractivity contribution in [2.75, 3.05) is 31.2 Å². The monoisotopic (exact) mass is 307 g/mol. The number of amides is 2. The second-order valence-electron chi connectivity index (χ2n) is 5.23. The van der Waals surface area contributed by atoms with Gasteiger partial charge in [0.1, 0.15) is 0 Å². The van der Waals surface area contributed by atoms with Gasteiger partial charge in [0.05, 0.1) is 18.2 Å². The molecule has 1 atom stereocenters. The first kappa shape index (κ1) is 15.9. The van der Waals surface area contributed by atoms with Crippen LogP contribution in [0.25, 0.3) is 0 Å². The smallest absolute Gasteiger partial charge is 0.238 e. The Morgan fingerprint density at radius 1 is 1.43 bits per heavy atom. The molecular formula is C15H21N3O2S. The summed E-state index contributed by atoms with van der Waals surface area (Å²) in [5.41, 5.74) is 6.18. The summed E-state index contributed by atoms with van der Waals surface area (Å²) in [6, 6.07) is 7.72. The molecule has 0 radical (unpaired) electrons. The Kier molecular flexibility index (Phi) is 5.64. The van der Waals surface area contributed by atoms with Crippen molar-refractivity contribution in [1.82, 2.24) is 4.90 Å². The topological polar surface area (TPSA) is 75.4 Å². The van der Waals surface area contributed by atoms with E-state index in [1.165, 1.54) is 0 Å². The van der Waals surface area contributed by atoms with E-state index in [1.54, 1.807) is 11.8 Å². The number of carbonyl (C=O) groups is 2. The number of nitrogens with two attached hydrogens (primary N) is 1. The third-order valence-electron chi connectivity index (χ3n) is 3.66. The van der Waals surface area contributed by atoms with Crippen molar-refractivity contribution in [2.24, 2.45) is 11.7 Å². The van der Waals surface area contributed by atoms with Crippen LogP contribution in [0.5, 0.6) is 0 Å². The lowest BCUT2D eigenvalue weighted by Crippen LogP contribution is -2.44. The first-order valence-electron chi connectivity index (χ1n) is 7.04. The summed E-state index contributed by atoms with van der Waals surface area (Å²) in [6.45, 7) is 1.71. The third-order valence-corrected chi connectivity index (χ3v) is 4.45. The summed E-state index contributed by atoms with van der Waals surface area (Å²) in [4.78, 5) is 26.4. The molecule has 21 heavy (non-hydrogen) atoms. The normalized spacial score (nSPS) is 19.2. The van der Waals surface area contributed by atoms with E-state index in [-0.39, 0.29) is 17.7 Å². The molecule has 114 valence electrons. The number of nitrogens with zero attached hydrogens (tertiary/aromatic N) is 1. The molecule has 1 saturated heterocycles. The number of thioether (sulfide) groups is 1. The van der Waals surface area contributed by atoms with Gasteiger partial charge in [-0.05, 0) is 37.8 Å². The lowest BCUT2D eigenvalue weighted by molar-refractivity contribution is -0.125. The number of nitrogens with one attached hydrogen (secondary N) is 1. The molecule has 1 heterocycles. The summed E-state index contributed by atoms with van der Waals surface area (Å²) in [7, 11) is 0. The molecule has 5 nitrogen and oxygen atoms in total. The largest absolute Gasteiger partial charge is 0.369 e. The van der Waals surface area contributed by atoms with Crippen LogP contribution in [0.3, 0.4) is 0 Å². The molecule has 2 rings (SSSR count). The van der Waals surface area contributed by atoms with Crippen molar-refractivity contribution in [1.29, 1.82) is 0 Å². The highest BCUT2D eigenvalue weighted by molar-refractivity contribution is 7.98. The van der Waals surface area contributed by atoms with Gasteiger partial charge in [0.15, 0.2) is 0 Å². The number of carbonyl (C=O) groups excluding carboxylic acids is 2. The number of rotatable bonds is 5. The molecule has 3 N–H and O–H groups in total. The third kappa shape index (κ3) is 4.47. The molecular weight excluding hydrogens is 286 g/mol. The van der Waals surface area contributed by atoms with Crippen LogP contribution in [0.2, 0.25) is 0 Å². The summed E-state index contributed by atoms with van der Waals surface area (Å²) < 4.78 is 0. The number of primary amides is 1. The van der Waals surface area contributed by atoms with Gasteiger partial charge in [-0.25, -0.2) is 0 Å². The molecule has 0 spiro atoms. The van der Waals surface area contributed by atoms with Gasteiger partial charge in [-0.15, -0.1) is 11.8 Å². The molecule has 0 bridgehead atoms. The molecule has 1 aromatic rings. The van der Waals surface area contributed by atoms with Crippen molar-refractivity contribution in [3.8, 4) is 0 Å². The van der Waals surface area contributed by atoms with Crippen LogP contribution in [0.1, 0.15) is 12.8 Å². The van der Waals surface area contributed by atoms with Crippen LogP contribution in [0, 0.1) is 5.92 Å². The fourth-order valence-corrected chi connectivity index (χ4v) is 3.13. The van der Waals surface area contributed by atoms with Crippen molar-refractivity contribution in [3.63, 3.8) is 0 Å². The first-order chi connectivity index (χ1) is 10.1. The number of para-hydroxylation sites is 1. The molecule has 1 aliphatic rings. The van der Waals surface area contributed by atoms with Crippen LogP contribution < -0.4 is 11.1 Å². The van der Waals surface area contributed by atoms with Crippen molar-refractivity contribution in [2.45, 2.75) is 17.7 Å². The van der Waals surface area contributed by atoms with Gasteiger partial charge in [0.25, 0.3) is 0 Å². The van der Waals surface area contributed by atoms with Crippen LogP contribution in [0.4, 0.5) is 5.69 Å². The van der Waals surface area contributed by atoms with E-state index in [0.717, 1.165) is 30.0 Å². The van der Waals surface area contributed by atoms with Gasteiger partial charge in [-0.2, -0.15) is 0 Å². The molecule has 6 heteroatoms. The van der Waals surface area contributed by atoms with Crippen molar-refractivity contribution in [3.05, 3.63) is 24.3 Å². The van der Waals surface area contributed by atoms with Crippen LogP contribution >= 0.6 is 11.8 Å². The standard InChI is InChI=1S/C15H21N3O2S/c1-21-13-7-3-2-6-12(13)17-14(19)10-18-8-4-5-11(9-18)15(16)20/h2-3,6-7,11H,4-5,8-10H2,1H3,(H2,16,20)(H,17,19)/t11-/m1/s1. The predicted octanol–water partition coefficient (Wildman–Crippen LogP) is 1.54. The highest BCUT2D eigenvalue weighted by atomic mass is 32.2. The van der Waals surface area contributed by atoms with Gasteiger partial charge in [0.2, 0.25) is 11.8 Å². The summed E-state index contributed by atoms with van der Waals surface area (Å²) in [6.07, 6.45) is 3.71. The van der Waals surface area contributed by atoms with E-state index >= 15 is 0 Å². The van der Waals surface area contributed by atoms with E-state index in [1.807, 2.05) is 35.4 Å². The number of anilines is 1. The fraction of sp³-hybridized carbons (Fsp3) is 0.467. The molecule has 0 saturated carbocycles. The number of hydrogen-bond donors (Lipinski definition) is 2. The van der Waals surface area contributed by atoms with Gasteiger partial charge >= 0.3 is 0 Å². The molecule has 0 aliphatic carbocycles. The number of piperidine rings is 1. The lowest BCUT2D eigenvalue weighted by Gasteiger charge is -2.30. The maximum atomic E-state index is 12.1. The van der Waals surface area contributed by atoms with Crippen LogP contribution in [-0.4, -0.2) is 42.6 Å². The highest BCUT2D eigenvalue weighted by Crippen LogP contribution is 2.24. The number of benzene rings is 1. The Hall–Kier alpha value is -1.53. The molecule has 1 aliphatic heterocycles. The zero-order chi connectivity index (χ0) is 15.2. The van der Waals surface area contributed by atoms with Gasteiger partial charge in [-0.3, -0.25) is 14.5 Å². The molecule has 0 aromatic heterocycles. The molecule has 1 aromatic carbocycles.